The smallest absolute Gasteiger partial charge is 0.471 e. The summed E-state index contributed by atoms with van der Waals surface area (Å²) < 4.78 is 48.2. The van der Waals surface area contributed by atoms with Crippen LogP contribution in [0, 0.1) is 0 Å². The van der Waals surface area contributed by atoms with Gasteiger partial charge in [0.15, 0.2) is 5.75 Å². The average Bonchev–Trinajstić information content (AvgIpc) is 2.57. The molecule has 0 radical (unpaired) electrons. The Morgan fingerprint density at radius 2 is 1.69 bits per heavy atom. The van der Waals surface area contributed by atoms with Crippen LogP contribution < -0.4 is 14.8 Å². The fraction of sp³-hybridized carbons (Fsp3) is 0.176. The summed E-state index contributed by atoms with van der Waals surface area (Å²) in [5.41, 5.74) is -0.720. The predicted octanol–water partition coefficient (Wildman–Crippen LogP) is 4.08. The third-order valence-electron chi connectivity index (χ3n) is 3.09. The Bertz CT molecular complexity index is 803. The summed E-state index contributed by atoms with van der Waals surface area (Å²) in [6, 6.07) is 9.42. The van der Waals surface area contributed by atoms with Gasteiger partial charge in [0.1, 0.15) is 11.5 Å². The number of benzene rings is 2. The van der Waals surface area contributed by atoms with Gasteiger partial charge in [0.2, 0.25) is 0 Å². The number of ether oxygens (including phenoxy) is 2. The Kier molecular flexibility index (Phi) is 5.71. The number of amides is 1. The van der Waals surface area contributed by atoms with E-state index in [9.17, 15) is 22.8 Å². The van der Waals surface area contributed by atoms with E-state index >= 15 is 0 Å². The van der Waals surface area contributed by atoms with Crippen molar-refractivity contribution in [1.29, 1.82) is 0 Å². The molecule has 2 rings (SSSR count). The standard InChI is InChI=1S/C17H14F3NO5/c1-2-25-11-4-6-12(7-5-11)26-14-8-3-10(15(22)23)9-13(14)21-16(24)17(18,19)20/h3-9H,2H2,1H3,(H,21,24)(H,22,23). The first kappa shape index (κ1) is 19.1. The first-order valence-electron chi connectivity index (χ1n) is 7.37. The first-order chi connectivity index (χ1) is 12.2. The summed E-state index contributed by atoms with van der Waals surface area (Å²) in [6.07, 6.45) is -5.13. The van der Waals surface area contributed by atoms with Crippen LogP contribution in [-0.4, -0.2) is 29.8 Å². The van der Waals surface area contributed by atoms with Crippen molar-refractivity contribution >= 4 is 17.6 Å². The molecule has 2 N–H and O–H groups in total. The SMILES string of the molecule is CCOc1ccc(Oc2ccc(C(=O)O)cc2NC(=O)C(F)(F)F)cc1. The second-order valence-electron chi connectivity index (χ2n) is 4.97. The molecule has 138 valence electrons. The third kappa shape index (κ3) is 4.88. The van der Waals surface area contributed by atoms with Gasteiger partial charge >= 0.3 is 18.1 Å². The van der Waals surface area contributed by atoms with E-state index in [0.29, 0.717) is 12.4 Å². The minimum atomic E-state index is -5.13. The predicted molar refractivity (Wildman–Crippen MR) is 85.8 cm³/mol. The summed E-state index contributed by atoms with van der Waals surface area (Å²) in [6.45, 7) is 2.27. The van der Waals surface area contributed by atoms with Crippen LogP contribution in [0.5, 0.6) is 17.2 Å². The Morgan fingerprint density at radius 1 is 1.08 bits per heavy atom. The van der Waals surface area contributed by atoms with Crippen LogP contribution in [-0.2, 0) is 4.79 Å². The summed E-state index contributed by atoms with van der Waals surface area (Å²) in [5.74, 6) is -2.90. The van der Waals surface area contributed by atoms with Crippen LogP contribution in [0.2, 0.25) is 0 Å². The van der Waals surface area contributed by atoms with Crippen LogP contribution in [0.4, 0.5) is 18.9 Å². The van der Waals surface area contributed by atoms with E-state index in [2.05, 4.69) is 0 Å². The number of aromatic carboxylic acids is 1. The van der Waals surface area contributed by atoms with Crippen LogP contribution in [0.15, 0.2) is 42.5 Å². The number of alkyl halides is 3. The van der Waals surface area contributed by atoms with Crippen molar-refractivity contribution in [3.8, 4) is 17.2 Å². The van der Waals surface area contributed by atoms with E-state index in [1.165, 1.54) is 12.1 Å². The lowest BCUT2D eigenvalue weighted by molar-refractivity contribution is -0.167. The van der Waals surface area contributed by atoms with E-state index < -0.39 is 23.7 Å². The minimum Gasteiger partial charge on any atom is -0.494 e. The highest BCUT2D eigenvalue weighted by Gasteiger charge is 2.39. The van der Waals surface area contributed by atoms with Gasteiger partial charge in [-0.3, -0.25) is 4.79 Å². The third-order valence-corrected chi connectivity index (χ3v) is 3.09. The molecule has 0 bridgehead atoms. The Balaban J connectivity index is 2.31. The molecule has 1 amide bonds. The highest BCUT2D eigenvalue weighted by molar-refractivity contribution is 5.98. The quantitative estimate of drug-likeness (QED) is 0.802. The van der Waals surface area contributed by atoms with Crippen molar-refractivity contribution in [2.45, 2.75) is 13.1 Å². The highest BCUT2D eigenvalue weighted by Crippen LogP contribution is 2.32. The number of carbonyl (C=O) groups is 2. The number of hydrogen-bond acceptors (Lipinski definition) is 4. The fourth-order valence-electron chi connectivity index (χ4n) is 1.94. The van der Waals surface area contributed by atoms with Crippen molar-refractivity contribution in [2.24, 2.45) is 0 Å². The number of rotatable bonds is 6. The van der Waals surface area contributed by atoms with Gasteiger partial charge in [-0.25, -0.2) is 4.79 Å². The van der Waals surface area contributed by atoms with Gasteiger partial charge in [-0.2, -0.15) is 13.2 Å². The molecule has 9 heteroatoms. The lowest BCUT2D eigenvalue weighted by atomic mass is 10.2. The molecular formula is C17H14F3NO5. The number of anilines is 1. The molecule has 0 atom stereocenters. The van der Waals surface area contributed by atoms with E-state index in [1.54, 1.807) is 17.4 Å². The Hall–Kier alpha value is -3.23. The molecular weight excluding hydrogens is 355 g/mol. The van der Waals surface area contributed by atoms with Gasteiger partial charge in [0.25, 0.3) is 0 Å². The van der Waals surface area contributed by atoms with Gasteiger partial charge < -0.3 is 19.9 Å². The van der Waals surface area contributed by atoms with Crippen molar-refractivity contribution in [2.75, 3.05) is 11.9 Å². The van der Waals surface area contributed by atoms with Crippen molar-refractivity contribution in [3.63, 3.8) is 0 Å². The van der Waals surface area contributed by atoms with Gasteiger partial charge in [-0.15, -0.1) is 0 Å². The van der Waals surface area contributed by atoms with Crippen molar-refractivity contribution < 1.29 is 37.3 Å². The fourth-order valence-corrected chi connectivity index (χ4v) is 1.94. The van der Waals surface area contributed by atoms with Crippen LogP contribution in [0.3, 0.4) is 0 Å². The zero-order valence-corrected chi connectivity index (χ0v) is 13.5. The lowest BCUT2D eigenvalue weighted by Gasteiger charge is -2.14. The van der Waals surface area contributed by atoms with Gasteiger partial charge in [0, 0.05) is 0 Å². The van der Waals surface area contributed by atoms with Gasteiger partial charge in [-0.1, -0.05) is 0 Å². The first-order valence-corrected chi connectivity index (χ1v) is 7.37. The monoisotopic (exact) mass is 369 g/mol. The largest absolute Gasteiger partial charge is 0.494 e. The number of carbonyl (C=O) groups excluding carboxylic acids is 1. The summed E-state index contributed by atoms with van der Waals surface area (Å²) >= 11 is 0. The topological polar surface area (TPSA) is 84.9 Å². The maximum atomic E-state index is 12.5. The van der Waals surface area contributed by atoms with Crippen molar-refractivity contribution in [3.05, 3.63) is 48.0 Å². The second-order valence-corrected chi connectivity index (χ2v) is 4.97. The van der Waals surface area contributed by atoms with Crippen LogP contribution in [0.1, 0.15) is 17.3 Å². The summed E-state index contributed by atoms with van der Waals surface area (Å²) in [7, 11) is 0. The van der Waals surface area contributed by atoms with Crippen LogP contribution >= 0.6 is 0 Å². The molecule has 0 aliphatic rings. The molecule has 0 saturated heterocycles. The molecule has 26 heavy (non-hydrogen) atoms. The molecule has 2 aromatic rings. The normalized spacial score (nSPS) is 10.9. The summed E-state index contributed by atoms with van der Waals surface area (Å²) in [5, 5.41) is 10.6. The van der Waals surface area contributed by atoms with E-state index in [4.69, 9.17) is 14.6 Å². The lowest BCUT2D eigenvalue weighted by Crippen LogP contribution is -2.30. The number of hydrogen-bond donors (Lipinski definition) is 2. The van der Waals surface area contributed by atoms with Crippen molar-refractivity contribution in [1.82, 2.24) is 0 Å². The van der Waals surface area contributed by atoms with Gasteiger partial charge in [-0.05, 0) is 49.4 Å². The van der Waals surface area contributed by atoms with E-state index in [1.807, 2.05) is 6.92 Å². The Labute approximate surface area is 146 Å². The number of nitrogens with one attached hydrogen (secondary N) is 1. The van der Waals surface area contributed by atoms with Gasteiger partial charge in [0.05, 0.1) is 17.9 Å². The molecule has 0 heterocycles. The number of carboxylic acids is 1. The highest BCUT2D eigenvalue weighted by atomic mass is 19.4. The molecule has 0 fully saturated rings. The van der Waals surface area contributed by atoms with E-state index in [-0.39, 0.29) is 17.1 Å². The zero-order valence-electron chi connectivity index (χ0n) is 13.5. The molecule has 2 aromatic carbocycles. The maximum absolute atomic E-state index is 12.5. The second kappa shape index (κ2) is 7.77. The zero-order chi connectivity index (χ0) is 19.3. The van der Waals surface area contributed by atoms with E-state index in [0.717, 1.165) is 18.2 Å². The molecule has 0 spiro atoms. The Morgan fingerprint density at radius 3 is 2.23 bits per heavy atom. The molecule has 6 nitrogen and oxygen atoms in total. The molecule has 0 unspecified atom stereocenters. The molecule has 0 aromatic heterocycles. The number of halogens is 3. The molecule has 0 aliphatic carbocycles. The summed E-state index contributed by atoms with van der Waals surface area (Å²) in [4.78, 5) is 22.2. The minimum absolute atomic E-state index is 0.142. The maximum Gasteiger partial charge on any atom is 0.471 e. The molecule has 0 aliphatic heterocycles. The average molecular weight is 369 g/mol. The molecule has 0 saturated carbocycles. The van der Waals surface area contributed by atoms with Crippen LogP contribution in [0.25, 0.3) is 0 Å². The number of carboxylic acid groups (broad SMARTS) is 1.